The van der Waals surface area contributed by atoms with E-state index in [0.29, 0.717) is 12.4 Å². The standard InChI is InChI=1S/C16H17N5O.ClH/c1-3-18-16(22)21-15-6-12-11(14-8-17-9-20-14)5-4-10(2)13(12)7-19-15;/h4-9H,3H2,1-2H3,(H,17,20)(H2,18,19,21,22);1H. The summed E-state index contributed by atoms with van der Waals surface area (Å²) in [6.45, 7) is 4.47. The van der Waals surface area contributed by atoms with Crippen LogP contribution in [0.3, 0.4) is 0 Å². The summed E-state index contributed by atoms with van der Waals surface area (Å²) >= 11 is 0. The number of nitrogens with zero attached hydrogens (tertiary/aromatic N) is 2. The van der Waals surface area contributed by atoms with Crippen molar-refractivity contribution in [1.29, 1.82) is 0 Å². The number of aromatic amines is 1. The number of hydrogen-bond acceptors (Lipinski definition) is 3. The van der Waals surface area contributed by atoms with E-state index in [0.717, 1.165) is 27.6 Å². The van der Waals surface area contributed by atoms with E-state index in [1.807, 2.05) is 26.0 Å². The van der Waals surface area contributed by atoms with Crippen molar-refractivity contribution in [2.45, 2.75) is 13.8 Å². The molecule has 2 aromatic heterocycles. The maximum Gasteiger partial charge on any atom is 0.320 e. The van der Waals surface area contributed by atoms with Crippen molar-refractivity contribution in [3.63, 3.8) is 0 Å². The van der Waals surface area contributed by atoms with Crippen molar-refractivity contribution in [3.8, 4) is 11.3 Å². The molecular weight excluding hydrogens is 314 g/mol. The van der Waals surface area contributed by atoms with Crippen LogP contribution >= 0.6 is 12.4 Å². The molecule has 0 aliphatic heterocycles. The molecule has 0 saturated carbocycles. The number of nitrogens with one attached hydrogen (secondary N) is 3. The molecule has 0 unspecified atom stereocenters. The summed E-state index contributed by atoms with van der Waals surface area (Å²) in [7, 11) is 0. The number of carbonyl (C=O) groups excluding carboxylic acids is 1. The Kier molecular flexibility index (Phi) is 5.18. The highest BCUT2D eigenvalue weighted by molar-refractivity contribution is 6.00. The topological polar surface area (TPSA) is 82.7 Å². The summed E-state index contributed by atoms with van der Waals surface area (Å²) < 4.78 is 0. The molecule has 6 nitrogen and oxygen atoms in total. The molecular formula is C16H18ClN5O. The molecule has 3 N–H and O–H groups in total. The first-order valence-corrected chi connectivity index (χ1v) is 7.12. The molecule has 3 aromatic rings. The number of H-pyrrole nitrogens is 1. The third-order valence-corrected chi connectivity index (χ3v) is 3.49. The minimum absolute atomic E-state index is 0. The molecule has 23 heavy (non-hydrogen) atoms. The second-order valence-electron chi connectivity index (χ2n) is 4.99. The fourth-order valence-corrected chi connectivity index (χ4v) is 2.41. The highest BCUT2D eigenvalue weighted by Gasteiger charge is 2.10. The summed E-state index contributed by atoms with van der Waals surface area (Å²) in [5.74, 6) is 0.518. The van der Waals surface area contributed by atoms with Crippen molar-refractivity contribution in [2.75, 3.05) is 11.9 Å². The molecule has 0 atom stereocenters. The van der Waals surface area contributed by atoms with Crippen molar-refractivity contribution in [2.24, 2.45) is 0 Å². The lowest BCUT2D eigenvalue weighted by molar-refractivity contribution is 0.252. The van der Waals surface area contributed by atoms with E-state index in [1.54, 1.807) is 18.7 Å². The number of aryl methyl sites for hydroxylation is 1. The number of amides is 2. The zero-order valence-electron chi connectivity index (χ0n) is 12.9. The molecule has 2 heterocycles. The lowest BCUT2D eigenvalue weighted by Gasteiger charge is -2.10. The average Bonchev–Trinajstić information content (AvgIpc) is 3.02. The maximum atomic E-state index is 11.7. The van der Waals surface area contributed by atoms with Gasteiger partial charge in [0.2, 0.25) is 0 Å². The third-order valence-electron chi connectivity index (χ3n) is 3.49. The van der Waals surface area contributed by atoms with Gasteiger partial charge in [-0.3, -0.25) is 5.32 Å². The third kappa shape index (κ3) is 3.43. The van der Waals surface area contributed by atoms with Crippen LogP contribution in [0.25, 0.3) is 22.0 Å². The van der Waals surface area contributed by atoms with E-state index in [-0.39, 0.29) is 18.4 Å². The fraction of sp³-hybridized carbons (Fsp3) is 0.188. The second kappa shape index (κ2) is 7.11. The van der Waals surface area contributed by atoms with Crippen LogP contribution < -0.4 is 10.6 Å². The lowest BCUT2D eigenvalue weighted by Crippen LogP contribution is -2.28. The normalized spacial score (nSPS) is 10.2. The molecule has 0 spiro atoms. The Hall–Kier alpha value is -2.60. The molecule has 3 rings (SSSR count). The van der Waals surface area contributed by atoms with Crippen molar-refractivity contribution in [3.05, 3.63) is 42.5 Å². The quantitative estimate of drug-likeness (QED) is 0.687. The zero-order valence-corrected chi connectivity index (χ0v) is 13.7. The van der Waals surface area contributed by atoms with Gasteiger partial charge in [0.15, 0.2) is 0 Å². The van der Waals surface area contributed by atoms with Gasteiger partial charge in [0, 0.05) is 23.7 Å². The van der Waals surface area contributed by atoms with Gasteiger partial charge in [-0.2, -0.15) is 0 Å². The Morgan fingerprint density at radius 2 is 2.09 bits per heavy atom. The van der Waals surface area contributed by atoms with Crippen LogP contribution in [0.5, 0.6) is 0 Å². The van der Waals surface area contributed by atoms with Crippen LogP contribution in [0.4, 0.5) is 10.6 Å². The van der Waals surface area contributed by atoms with Gasteiger partial charge in [0.1, 0.15) is 5.82 Å². The van der Waals surface area contributed by atoms with Crippen LogP contribution in [0.15, 0.2) is 36.9 Å². The number of imidazole rings is 1. The summed E-state index contributed by atoms with van der Waals surface area (Å²) in [4.78, 5) is 23.2. The Morgan fingerprint density at radius 3 is 2.78 bits per heavy atom. The molecule has 1 aromatic carbocycles. The molecule has 0 fully saturated rings. The number of carbonyl (C=O) groups is 1. The van der Waals surface area contributed by atoms with Crippen LogP contribution in [0, 0.1) is 6.92 Å². The Balaban J connectivity index is 0.00000192. The molecule has 0 bridgehead atoms. The van der Waals surface area contributed by atoms with Gasteiger partial charge in [0.05, 0.1) is 18.2 Å². The first-order valence-electron chi connectivity index (χ1n) is 7.12. The molecule has 0 saturated heterocycles. The minimum Gasteiger partial charge on any atom is -0.345 e. The van der Waals surface area contributed by atoms with E-state index in [2.05, 4.69) is 31.7 Å². The van der Waals surface area contributed by atoms with E-state index in [4.69, 9.17) is 0 Å². The van der Waals surface area contributed by atoms with Crippen LogP contribution in [0.2, 0.25) is 0 Å². The van der Waals surface area contributed by atoms with Gasteiger partial charge in [-0.15, -0.1) is 12.4 Å². The van der Waals surface area contributed by atoms with E-state index < -0.39 is 0 Å². The molecule has 0 aliphatic carbocycles. The molecule has 2 amide bonds. The molecule has 120 valence electrons. The van der Waals surface area contributed by atoms with Crippen molar-refractivity contribution < 1.29 is 4.79 Å². The number of pyridine rings is 1. The summed E-state index contributed by atoms with van der Waals surface area (Å²) in [6.07, 6.45) is 5.21. The number of rotatable bonds is 3. The number of halogens is 1. The maximum absolute atomic E-state index is 11.7. The van der Waals surface area contributed by atoms with Crippen molar-refractivity contribution in [1.82, 2.24) is 20.3 Å². The SMILES string of the molecule is CCNC(=O)Nc1cc2c(-c3cnc[nH]3)ccc(C)c2cn1.Cl. The highest BCUT2D eigenvalue weighted by Crippen LogP contribution is 2.30. The van der Waals surface area contributed by atoms with Gasteiger partial charge in [-0.1, -0.05) is 12.1 Å². The molecule has 0 aliphatic rings. The van der Waals surface area contributed by atoms with E-state index in [9.17, 15) is 4.79 Å². The van der Waals surface area contributed by atoms with Crippen LogP contribution in [0.1, 0.15) is 12.5 Å². The first-order chi connectivity index (χ1) is 10.7. The summed E-state index contributed by atoms with van der Waals surface area (Å²) in [5.41, 5.74) is 3.09. The fourth-order valence-electron chi connectivity index (χ4n) is 2.41. The number of urea groups is 1. The first kappa shape index (κ1) is 16.8. The minimum atomic E-state index is -0.259. The predicted molar refractivity (Wildman–Crippen MR) is 94.0 cm³/mol. The Labute approximate surface area is 140 Å². The van der Waals surface area contributed by atoms with Crippen molar-refractivity contribution >= 4 is 35.0 Å². The van der Waals surface area contributed by atoms with Gasteiger partial charge in [-0.25, -0.2) is 14.8 Å². The largest absolute Gasteiger partial charge is 0.345 e. The number of fused-ring (bicyclic) bond motifs is 1. The number of aromatic nitrogens is 3. The Morgan fingerprint density at radius 1 is 1.26 bits per heavy atom. The van der Waals surface area contributed by atoms with Gasteiger partial charge in [-0.05, 0) is 30.9 Å². The summed E-state index contributed by atoms with van der Waals surface area (Å²) in [5, 5.41) is 7.50. The monoisotopic (exact) mass is 331 g/mol. The summed E-state index contributed by atoms with van der Waals surface area (Å²) in [6, 6.07) is 5.72. The molecule has 0 radical (unpaired) electrons. The number of anilines is 1. The van der Waals surface area contributed by atoms with E-state index in [1.165, 1.54) is 0 Å². The second-order valence-corrected chi connectivity index (χ2v) is 4.99. The van der Waals surface area contributed by atoms with Gasteiger partial charge in [0.25, 0.3) is 0 Å². The van der Waals surface area contributed by atoms with Gasteiger partial charge < -0.3 is 10.3 Å². The molecule has 7 heteroatoms. The van der Waals surface area contributed by atoms with Gasteiger partial charge >= 0.3 is 6.03 Å². The number of benzene rings is 1. The van der Waals surface area contributed by atoms with E-state index >= 15 is 0 Å². The smallest absolute Gasteiger partial charge is 0.320 e. The highest BCUT2D eigenvalue weighted by atomic mass is 35.5. The predicted octanol–water partition coefficient (Wildman–Crippen LogP) is 3.50. The number of hydrogen-bond donors (Lipinski definition) is 3. The average molecular weight is 332 g/mol. The zero-order chi connectivity index (χ0) is 15.5. The lowest BCUT2D eigenvalue weighted by atomic mass is 10.0. The van der Waals surface area contributed by atoms with Crippen LogP contribution in [-0.4, -0.2) is 27.5 Å². The Bertz CT molecular complexity index is 817. The van der Waals surface area contributed by atoms with Crippen LogP contribution in [-0.2, 0) is 0 Å².